The topological polar surface area (TPSA) is 128 Å². The number of aliphatic hydroxyl groups excluding tert-OH is 1. The second-order valence-electron chi connectivity index (χ2n) is 8.99. The number of aliphatic hydroxyl groups is 1. The number of hydrogen-bond acceptors (Lipinski definition) is 9. The van der Waals surface area contributed by atoms with Crippen LogP contribution >= 0.6 is 0 Å². The van der Waals surface area contributed by atoms with E-state index < -0.39 is 6.61 Å². The zero-order chi connectivity index (χ0) is 29.7. The third-order valence-corrected chi connectivity index (χ3v) is 6.05. The highest BCUT2D eigenvalue weighted by Gasteiger charge is 2.13. The first kappa shape index (κ1) is 30.8. The number of fused-ring (bicyclic) bond motifs is 1. The van der Waals surface area contributed by atoms with Crippen molar-refractivity contribution >= 4 is 23.1 Å². The maximum absolute atomic E-state index is 12.7. The Bertz CT molecular complexity index is 1430. The fraction of sp³-hybridized carbons (Fsp3) is 0.345. The van der Waals surface area contributed by atoms with Gasteiger partial charge >= 0.3 is 6.61 Å². The summed E-state index contributed by atoms with van der Waals surface area (Å²) in [6.45, 7) is 1.61. The van der Waals surface area contributed by atoms with E-state index in [-0.39, 0.29) is 18.3 Å². The van der Waals surface area contributed by atoms with Crippen LogP contribution in [-0.4, -0.2) is 84.8 Å². The second kappa shape index (κ2) is 15.7. The standard InChI is InChI=1S/C29H33F2N5O6/c1-20-18-22(4-7-24(20)28(38)33-9-12-39-14-16-41-17-15-40-13-11-37)35-26-27-34-19-25(36(27)10-8-32-26)21-2-5-23(6-3-21)42-29(30)31/h2-8,10,18-19,29,37H,9,11-17H2,1H3,(H,32,35)(H,33,38). The summed E-state index contributed by atoms with van der Waals surface area (Å²) in [5, 5.41) is 14.7. The molecule has 0 saturated heterocycles. The molecule has 0 aliphatic carbocycles. The monoisotopic (exact) mass is 585 g/mol. The average molecular weight is 586 g/mol. The van der Waals surface area contributed by atoms with Crippen LogP contribution in [0.3, 0.4) is 0 Å². The fourth-order valence-electron chi connectivity index (χ4n) is 4.10. The maximum atomic E-state index is 12.7. The Balaban J connectivity index is 1.29. The molecule has 0 aliphatic rings. The molecule has 2 aromatic carbocycles. The number of carbonyl (C=O) groups excluding carboxylic acids is 1. The van der Waals surface area contributed by atoms with Crippen LogP contribution in [0.4, 0.5) is 20.3 Å². The molecule has 11 nitrogen and oxygen atoms in total. The molecule has 4 rings (SSSR count). The lowest BCUT2D eigenvalue weighted by atomic mass is 10.1. The molecule has 0 saturated carbocycles. The minimum absolute atomic E-state index is 0.0114. The molecule has 4 aromatic rings. The van der Waals surface area contributed by atoms with Gasteiger partial charge in [-0.1, -0.05) is 0 Å². The van der Waals surface area contributed by atoms with Crippen LogP contribution in [0, 0.1) is 6.92 Å². The normalized spacial score (nSPS) is 11.3. The van der Waals surface area contributed by atoms with Crippen LogP contribution in [0.1, 0.15) is 15.9 Å². The van der Waals surface area contributed by atoms with Gasteiger partial charge in [0.1, 0.15) is 5.75 Å². The zero-order valence-electron chi connectivity index (χ0n) is 23.1. The minimum Gasteiger partial charge on any atom is -0.435 e. The summed E-state index contributed by atoms with van der Waals surface area (Å²) in [4.78, 5) is 21.6. The molecule has 2 aromatic heterocycles. The average Bonchev–Trinajstić information content (AvgIpc) is 3.41. The fourth-order valence-corrected chi connectivity index (χ4v) is 4.10. The number of aromatic nitrogens is 3. The SMILES string of the molecule is Cc1cc(Nc2nccn3c(-c4ccc(OC(F)F)cc4)cnc23)ccc1C(=O)NCCOCCOCCOCCO. The summed E-state index contributed by atoms with van der Waals surface area (Å²) >= 11 is 0. The number of amides is 1. The Morgan fingerprint density at radius 1 is 0.976 bits per heavy atom. The van der Waals surface area contributed by atoms with E-state index >= 15 is 0 Å². The number of halogens is 2. The van der Waals surface area contributed by atoms with E-state index in [1.165, 1.54) is 12.1 Å². The van der Waals surface area contributed by atoms with Crippen molar-refractivity contribution in [1.29, 1.82) is 0 Å². The number of aryl methyl sites for hydroxylation is 1. The van der Waals surface area contributed by atoms with Crippen molar-refractivity contribution in [3.8, 4) is 17.0 Å². The quantitative estimate of drug-likeness (QED) is 0.158. The third kappa shape index (κ3) is 8.66. The van der Waals surface area contributed by atoms with Gasteiger partial charge in [-0.2, -0.15) is 8.78 Å². The van der Waals surface area contributed by atoms with E-state index in [4.69, 9.17) is 19.3 Å². The number of imidazole rings is 1. The molecule has 0 atom stereocenters. The highest BCUT2D eigenvalue weighted by atomic mass is 19.3. The molecule has 2 heterocycles. The number of anilines is 2. The molecule has 0 spiro atoms. The number of alkyl halides is 2. The summed E-state index contributed by atoms with van der Waals surface area (Å²) in [7, 11) is 0. The van der Waals surface area contributed by atoms with Crippen LogP contribution in [0.5, 0.6) is 5.75 Å². The van der Waals surface area contributed by atoms with Crippen molar-refractivity contribution in [3.05, 3.63) is 72.2 Å². The number of hydrogen-bond donors (Lipinski definition) is 3. The molecule has 224 valence electrons. The molecule has 0 unspecified atom stereocenters. The van der Waals surface area contributed by atoms with E-state index in [1.807, 2.05) is 17.4 Å². The number of benzene rings is 2. The number of nitrogens with zero attached hydrogens (tertiary/aromatic N) is 3. The first-order valence-electron chi connectivity index (χ1n) is 13.3. The minimum atomic E-state index is -2.88. The molecular weight excluding hydrogens is 552 g/mol. The van der Waals surface area contributed by atoms with Crippen molar-refractivity contribution < 1.29 is 37.6 Å². The van der Waals surface area contributed by atoms with Gasteiger partial charge in [-0.3, -0.25) is 9.20 Å². The third-order valence-electron chi connectivity index (χ3n) is 6.05. The molecule has 13 heteroatoms. The molecule has 0 radical (unpaired) electrons. The van der Waals surface area contributed by atoms with Gasteiger partial charge in [-0.25, -0.2) is 9.97 Å². The van der Waals surface area contributed by atoms with Crippen molar-refractivity contribution in [2.75, 3.05) is 58.1 Å². The molecule has 0 aliphatic heterocycles. The molecule has 0 bridgehead atoms. The summed E-state index contributed by atoms with van der Waals surface area (Å²) in [5.74, 6) is 0.381. The van der Waals surface area contributed by atoms with E-state index in [0.29, 0.717) is 63.2 Å². The van der Waals surface area contributed by atoms with E-state index in [0.717, 1.165) is 22.5 Å². The highest BCUT2D eigenvalue weighted by molar-refractivity contribution is 5.96. The van der Waals surface area contributed by atoms with Crippen molar-refractivity contribution in [3.63, 3.8) is 0 Å². The number of nitrogens with one attached hydrogen (secondary N) is 2. The van der Waals surface area contributed by atoms with Crippen LogP contribution < -0.4 is 15.4 Å². The molecule has 42 heavy (non-hydrogen) atoms. The number of carbonyl (C=O) groups is 1. The lowest BCUT2D eigenvalue weighted by Crippen LogP contribution is -2.28. The van der Waals surface area contributed by atoms with Crippen LogP contribution in [0.2, 0.25) is 0 Å². The number of rotatable bonds is 17. The van der Waals surface area contributed by atoms with Gasteiger partial charge in [0.05, 0.1) is 58.1 Å². The van der Waals surface area contributed by atoms with Crippen molar-refractivity contribution in [2.24, 2.45) is 0 Å². The Hall–Kier alpha value is -4.17. The molecule has 0 fully saturated rings. The summed E-state index contributed by atoms with van der Waals surface area (Å²) in [5.41, 5.74) is 4.14. The first-order valence-corrected chi connectivity index (χ1v) is 13.3. The van der Waals surface area contributed by atoms with Gasteiger partial charge in [-0.15, -0.1) is 0 Å². The smallest absolute Gasteiger partial charge is 0.387 e. The van der Waals surface area contributed by atoms with Gasteiger partial charge in [0.2, 0.25) is 0 Å². The predicted octanol–water partition coefficient (Wildman–Crippen LogP) is 3.82. The number of ether oxygens (including phenoxy) is 4. The van der Waals surface area contributed by atoms with Crippen LogP contribution in [-0.2, 0) is 14.2 Å². The highest BCUT2D eigenvalue weighted by Crippen LogP contribution is 2.27. The predicted molar refractivity (Wildman–Crippen MR) is 151 cm³/mol. The van der Waals surface area contributed by atoms with Crippen LogP contribution in [0.15, 0.2) is 61.1 Å². The summed E-state index contributed by atoms with van der Waals surface area (Å²) in [6, 6.07) is 11.7. The molecule has 1 amide bonds. The largest absolute Gasteiger partial charge is 0.435 e. The van der Waals surface area contributed by atoms with E-state index in [2.05, 4.69) is 25.3 Å². The molecular formula is C29H33F2N5O6. The van der Waals surface area contributed by atoms with Gasteiger partial charge in [0.15, 0.2) is 11.5 Å². The van der Waals surface area contributed by atoms with E-state index in [9.17, 15) is 13.6 Å². The Morgan fingerprint density at radius 3 is 2.38 bits per heavy atom. The van der Waals surface area contributed by atoms with Gasteiger partial charge in [0.25, 0.3) is 5.91 Å². The Labute approximate surface area is 241 Å². The van der Waals surface area contributed by atoms with Crippen molar-refractivity contribution in [1.82, 2.24) is 19.7 Å². The first-order chi connectivity index (χ1) is 20.5. The van der Waals surface area contributed by atoms with E-state index in [1.54, 1.807) is 42.9 Å². The lowest BCUT2D eigenvalue weighted by Gasteiger charge is -2.12. The Kier molecular flexibility index (Phi) is 11.5. The van der Waals surface area contributed by atoms with Crippen LogP contribution in [0.25, 0.3) is 16.9 Å². The van der Waals surface area contributed by atoms with Gasteiger partial charge < -0.3 is 34.7 Å². The van der Waals surface area contributed by atoms with Gasteiger partial charge in [-0.05, 0) is 55.0 Å². The molecule has 3 N–H and O–H groups in total. The lowest BCUT2D eigenvalue weighted by molar-refractivity contribution is -0.0498. The second-order valence-corrected chi connectivity index (χ2v) is 8.99. The van der Waals surface area contributed by atoms with Crippen molar-refractivity contribution in [2.45, 2.75) is 13.5 Å². The zero-order valence-corrected chi connectivity index (χ0v) is 23.1. The summed E-state index contributed by atoms with van der Waals surface area (Å²) in [6.07, 6.45) is 5.07. The van der Waals surface area contributed by atoms with Gasteiger partial charge in [0, 0.05) is 35.8 Å². The maximum Gasteiger partial charge on any atom is 0.387 e. The summed E-state index contributed by atoms with van der Waals surface area (Å²) < 4.78 is 47.1. The Morgan fingerprint density at radius 2 is 1.69 bits per heavy atom.